The van der Waals surface area contributed by atoms with Gasteiger partial charge in [-0.2, -0.15) is 0 Å². The second-order valence-electron chi connectivity index (χ2n) is 6.92. The summed E-state index contributed by atoms with van der Waals surface area (Å²) >= 11 is 0. The second kappa shape index (κ2) is 7.90. The van der Waals surface area contributed by atoms with E-state index in [-0.39, 0.29) is 0 Å². The Morgan fingerprint density at radius 1 is 1.29 bits per heavy atom. The first-order valence-corrected chi connectivity index (χ1v) is 8.41. The fourth-order valence-corrected chi connectivity index (χ4v) is 3.68. The van der Waals surface area contributed by atoms with Crippen LogP contribution >= 0.6 is 0 Å². The monoisotopic (exact) mass is 290 g/mol. The Balaban J connectivity index is 2.03. The van der Waals surface area contributed by atoms with E-state index in [1.54, 1.807) is 0 Å². The number of nitrogens with one attached hydrogen (secondary N) is 1. The Bertz CT molecular complexity index is 393. The molecule has 2 rings (SSSR count). The van der Waals surface area contributed by atoms with Gasteiger partial charge >= 0.3 is 0 Å². The van der Waals surface area contributed by atoms with Gasteiger partial charge in [0, 0.05) is 31.6 Å². The molecule has 0 radical (unpaired) electrons. The molecule has 1 aliphatic carbocycles. The van der Waals surface area contributed by atoms with Crippen LogP contribution in [0.1, 0.15) is 64.0 Å². The average molecular weight is 290 g/mol. The van der Waals surface area contributed by atoms with Crippen LogP contribution in [0.25, 0.3) is 0 Å². The summed E-state index contributed by atoms with van der Waals surface area (Å²) in [7, 11) is 0. The SMILES string of the molecule is CC(C)C(NCC1(CCO)CCCCC1)c1cccnc1. The summed E-state index contributed by atoms with van der Waals surface area (Å²) in [5, 5.41) is 13.2. The molecule has 118 valence electrons. The lowest BCUT2D eigenvalue weighted by Gasteiger charge is -2.39. The Morgan fingerprint density at radius 3 is 2.62 bits per heavy atom. The molecule has 1 aliphatic rings. The average Bonchev–Trinajstić information content (AvgIpc) is 2.49. The van der Waals surface area contributed by atoms with Gasteiger partial charge in [0.2, 0.25) is 0 Å². The molecular formula is C18H30N2O. The first kappa shape index (κ1) is 16.4. The van der Waals surface area contributed by atoms with Crippen molar-refractivity contribution in [1.29, 1.82) is 0 Å². The van der Waals surface area contributed by atoms with E-state index in [0.29, 0.717) is 24.0 Å². The molecule has 1 fully saturated rings. The summed E-state index contributed by atoms with van der Waals surface area (Å²) in [6.45, 7) is 5.82. The topological polar surface area (TPSA) is 45.1 Å². The third-order valence-corrected chi connectivity index (χ3v) is 4.96. The van der Waals surface area contributed by atoms with Crippen LogP contribution in [0, 0.1) is 11.3 Å². The van der Waals surface area contributed by atoms with Crippen LogP contribution in [0.15, 0.2) is 24.5 Å². The minimum Gasteiger partial charge on any atom is -0.396 e. The van der Waals surface area contributed by atoms with Crippen LogP contribution in [-0.4, -0.2) is 23.2 Å². The molecule has 0 saturated heterocycles. The zero-order valence-electron chi connectivity index (χ0n) is 13.5. The number of rotatable bonds is 7. The van der Waals surface area contributed by atoms with E-state index in [2.05, 4.69) is 30.2 Å². The molecule has 2 N–H and O–H groups in total. The molecule has 1 aromatic rings. The molecule has 3 nitrogen and oxygen atoms in total. The van der Waals surface area contributed by atoms with Crippen molar-refractivity contribution in [2.75, 3.05) is 13.2 Å². The van der Waals surface area contributed by atoms with Crippen molar-refractivity contribution in [3.8, 4) is 0 Å². The molecule has 3 heteroatoms. The van der Waals surface area contributed by atoms with Crippen molar-refractivity contribution in [1.82, 2.24) is 10.3 Å². The molecule has 1 aromatic heterocycles. The maximum Gasteiger partial charge on any atom is 0.0436 e. The summed E-state index contributed by atoms with van der Waals surface area (Å²) in [5.74, 6) is 0.531. The van der Waals surface area contributed by atoms with E-state index in [9.17, 15) is 5.11 Å². The van der Waals surface area contributed by atoms with Crippen LogP contribution < -0.4 is 5.32 Å². The fraction of sp³-hybridized carbons (Fsp3) is 0.722. The molecular weight excluding hydrogens is 260 g/mol. The van der Waals surface area contributed by atoms with Gasteiger partial charge in [-0.3, -0.25) is 4.98 Å². The number of aliphatic hydroxyl groups is 1. The minimum absolute atomic E-state index is 0.294. The molecule has 1 unspecified atom stereocenters. The summed E-state index contributed by atoms with van der Waals surface area (Å²) in [4.78, 5) is 4.26. The molecule has 0 amide bonds. The predicted octanol–water partition coefficient (Wildman–Crippen LogP) is 3.70. The van der Waals surface area contributed by atoms with Crippen LogP contribution in [0.5, 0.6) is 0 Å². The number of aromatic nitrogens is 1. The maximum absolute atomic E-state index is 9.44. The van der Waals surface area contributed by atoms with Gasteiger partial charge in [0.15, 0.2) is 0 Å². The van der Waals surface area contributed by atoms with Gasteiger partial charge in [0.25, 0.3) is 0 Å². The number of pyridine rings is 1. The second-order valence-corrected chi connectivity index (χ2v) is 6.92. The van der Waals surface area contributed by atoms with E-state index in [1.165, 1.54) is 37.7 Å². The van der Waals surface area contributed by atoms with Gasteiger partial charge in [0.1, 0.15) is 0 Å². The smallest absolute Gasteiger partial charge is 0.0436 e. The molecule has 0 bridgehead atoms. The van der Waals surface area contributed by atoms with Gasteiger partial charge in [0.05, 0.1) is 0 Å². The predicted molar refractivity (Wildman–Crippen MR) is 87.0 cm³/mol. The normalized spacial score (nSPS) is 19.6. The highest BCUT2D eigenvalue weighted by atomic mass is 16.3. The molecule has 0 aromatic carbocycles. The maximum atomic E-state index is 9.44. The molecule has 1 atom stereocenters. The van der Waals surface area contributed by atoms with E-state index < -0.39 is 0 Å². The lowest BCUT2D eigenvalue weighted by Crippen LogP contribution is -2.39. The Hall–Kier alpha value is -0.930. The van der Waals surface area contributed by atoms with Crippen molar-refractivity contribution in [2.24, 2.45) is 11.3 Å². The number of hydrogen-bond donors (Lipinski definition) is 2. The lowest BCUT2D eigenvalue weighted by atomic mass is 9.71. The Morgan fingerprint density at radius 2 is 2.05 bits per heavy atom. The zero-order valence-corrected chi connectivity index (χ0v) is 13.5. The third kappa shape index (κ3) is 4.52. The zero-order chi connectivity index (χ0) is 15.1. The Labute approximate surface area is 129 Å². The highest BCUT2D eigenvalue weighted by molar-refractivity contribution is 5.14. The van der Waals surface area contributed by atoms with Crippen LogP contribution in [0.4, 0.5) is 0 Å². The molecule has 0 spiro atoms. The standard InChI is InChI=1S/C18H30N2O/c1-15(2)17(16-7-6-11-19-13-16)20-14-18(10-12-21)8-4-3-5-9-18/h6-7,11,13,15,17,20-21H,3-5,8-10,12,14H2,1-2H3. The summed E-state index contributed by atoms with van der Waals surface area (Å²) in [6.07, 6.45) is 11.2. The van der Waals surface area contributed by atoms with Gasteiger partial charge in [-0.25, -0.2) is 0 Å². The highest BCUT2D eigenvalue weighted by Gasteiger charge is 2.32. The first-order valence-electron chi connectivity index (χ1n) is 8.41. The van der Waals surface area contributed by atoms with Gasteiger partial charge in [-0.15, -0.1) is 0 Å². The van der Waals surface area contributed by atoms with Crippen LogP contribution in [0.2, 0.25) is 0 Å². The van der Waals surface area contributed by atoms with Gasteiger partial charge < -0.3 is 10.4 Å². The summed E-state index contributed by atoms with van der Waals surface area (Å²) in [5.41, 5.74) is 1.56. The van der Waals surface area contributed by atoms with Crippen molar-refractivity contribution >= 4 is 0 Å². The quantitative estimate of drug-likeness (QED) is 0.805. The van der Waals surface area contributed by atoms with Gasteiger partial charge in [-0.05, 0) is 42.2 Å². The van der Waals surface area contributed by atoms with E-state index in [0.717, 1.165) is 13.0 Å². The van der Waals surface area contributed by atoms with Crippen LogP contribution in [0.3, 0.4) is 0 Å². The largest absolute Gasteiger partial charge is 0.396 e. The van der Waals surface area contributed by atoms with E-state index in [1.807, 2.05) is 18.5 Å². The molecule has 1 saturated carbocycles. The number of nitrogens with zero attached hydrogens (tertiary/aromatic N) is 1. The molecule has 21 heavy (non-hydrogen) atoms. The summed E-state index contributed by atoms with van der Waals surface area (Å²) < 4.78 is 0. The highest BCUT2D eigenvalue weighted by Crippen LogP contribution is 2.39. The number of hydrogen-bond acceptors (Lipinski definition) is 3. The van der Waals surface area contributed by atoms with Crippen molar-refractivity contribution in [2.45, 2.75) is 58.4 Å². The molecule has 0 aliphatic heterocycles. The number of aliphatic hydroxyl groups excluding tert-OH is 1. The minimum atomic E-state index is 0.294. The third-order valence-electron chi connectivity index (χ3n) is 4.96. The van der Waals surface area contributed by atoms with Crippen LogP contribution in [-0.2, 0) is 0 Å². The Kier molecular flexibility index (Phi) is 6.19. The van der Waals surface area contributed by atoms with Crippen molar-refractivity contribution in [3.05, 3.63) is 30.1 Å². The lowest BCUT2D eigenvalue weighted by molar-refractivity contribution is 0.119. The first-order chi connectivity index (χ1) is 10.2. The van der Waals surface area contributed by atoms with Gasteiger partial charge in [-0.1, -0.05) is 39.2 Å². The summed E-state index contributed by atoms with van der Waals surface area (Å²) in [6, 6.07) is 4.51. The van der Waals surface area contributed by atoms with E-state index in [4.69, 9.17) is 0 Å². The van der Waals surface area contributed by atoms with Crippen molar-refractivity contribution in [3.63, 3.8) is 0 Å². The fourth-order valence-electron chi connectivity index (χ4n) is 3.68. The molecule has 1 heterocycles. The van der Waals surface area contributed by atoms with E-state index >= 15 is 0 Å². The van der Waals surface area contributed by atoms with Crippen molar-refractivity contribution < 1.29 is 5.11 Å².